The van der Waals surface area contributed by atoms with E-state index in [-0.39, 0.29) is 34.6 Å². The van der Waals surface area contributed by atoms with Crippen LogP contribution in [0.2, 0.25) is 0 Å². The molecule has 0 amide bonds. The third-order valence-corrected chi connectivity index (χ3v) is 9.53. The average molecular weight is 731 g/mol. The number of rotatable bonds is 17. The number of methoxy groups -OCH3 is 1. The number of hydrogen-bond donors (Lipinski definition) is 3. The first kappa shape index (κ1) is 36.2. The van der Waals surface area contributed by atoms with E-state index in [1.165, 1.54) is 41.9 Å². The molecule has 5 unspecified atom stereocenters. The molecule has 0 radical (unpaired) electrons. The minimum absolute atomic E-state index is 0.00342. The van der Waals surface area contributed by atoms with Crippen LogP contribution in [0, 0.1) is 0 Å². The lowest BCUT2D eigenvalue weighted by molar-refractivity contribution is -0.0541. The molecule has 1 saturated heterocycles. The van der Waals surface area contributed by atoms with Crippen LogP contribution in [0.15, 0.2) is 42.7 Å². The molecule has 4 aromatic heterocycles. The summed E-state index contributed by atoms with van der Waals surface area (Å²) in [5.41, 5.74) is 11.5. The SMILES string of the molecule is C=C(CO[P@@](C)(=O)OC1C(OC)C(COP(=O)(OC)OCCF)OC1n1cnc2c(=O)[nH]c(N)nc21)OC(=C)n1cnc2c(N)ncnc21. The van der Waals surface area contributed by atoms with Gasteiger partial charge in [0.1, 0.15) is 50.0 Å². The van der Waals surface area contributed by atoms with Crippen LogP contribution in [-0.2, 0) is 46.0 Å². The number of hydrogen-bond acceptors (Lipinski definition) is 18. The van der Waals surface area contributed by atoms with E-state index in [9.17, 15) is 18.3 Å². The quantitative estimate of drug-likeness (QED) is 0.103. The third-order valence-electron chi connectivity index (χ3n) is 6.90. The highest BCUT2D eigenvalue weighted by atomic mass is 31.2. The van der Waals surface area contributed by atoms with Crippen LogP contribution in [0.1, 0.15) is 6.23 Å². The Labute approximate surface area is 276 Å². The maximum atomic E-state index is 13.8. The van der Waals surface area contributed by atoms with Gasteiger partial charge < -0.3 is 30.2 Å². The number of nitrogen functional groups attached to an aromatic ring is 2. The molecular weight excluding hydrogens is 697 g/mol. The van der Waals surface area contributed by atoms with Gasteiger partial charge in [-0.2, -0.15) is 4.98 Å². The van der Waals surface area contributed by atoms with Gasteiger partial charge in [0.15, 0.2) is 40.3 Å². The summed E-state index contributed by atoms with van der Waals surface area (Å²) in [5.74, 6) is -0.0394. The van der Waals surface area contributed by atoms with Gasteiger partial charge in [0.2, 0.25) is 5.95 Å². The van der Waals surface area contributed by atoms with Crippen molar-refractivity contribution in [1.82, 2.24) is 39.0 Å². The number of imidazole rings is 2. The Hall–Kier alpha value is -4.11. The second-order valence-corrected chi connectivity index (χ2v) is 14.0. The second kappa shape index (κ2) is 14.8. The highest BCUT2D eigenvalue weighted by molar-refractivity contribution is 7.53. The molecule has 266 valence electrons. The molecule has 0 saturated carbocycles. The van der Waals surface area contributed by atoms with Gasteiger partial charge in [0, 0.05) is 20.9 Å². The van der Waals surface area contributed by atoms with Crippen LogP contribution >= 0.6 is 15.4 Å². The summed E-state index contributed by atoms with van der Waals surface area (Å²) in [5, 5.41) is 0. The molecular formula is C25H33FN10O11P2. The van der Waals surface area contributed by atoms with Crippen LogP contribution in [-0.4, -0.2) is 105 Å². The maximum Gasteiger partial charge on any atom is 0.474 e. The van der Waals surface area contributed by atoms with Gasteiger partial charge in [-0.15, -0.1) is 0 Å². The second-order valence-electron chi connectivity index (χ2n) is 10.2. The lowest BCUT2D eigenvalue weighted by Crippen LogP contribution is -2.37. The molecule has 1 aliphatic heterocycles. The number of anilines is 2. The van der Waals surface area contributed by atoms with Crippen LogP contribution in [0.25, 0.3) is 28.2 Å². The Balaban J connectivity index is 1.34. The molecule has 5 N–H and O–H groups in total. The monoisotopic (exact) mass is 730 g/mol. The number of halogens is 1. The van der Waals surface area contributed by atoms with Gasteiger partial charge in [-0.1, -0.05) is 6.58 Å². The molecule has 49 heavy (non-hydrogen) atoms. The smallest absolute Gasteiger partial charge is 0.444 e. The molecule has 0 aliphatic carbocycles. The fraction of sp³-hybridized carbons (Fsp3) is 0.440. The number of nitrogens with one attached hydrogen (secondary N) is 1. The Morgan fingerprint density at radius 3 is 2.53 bits per heavy atom. The van der Waals surface area contributed by atoms with E-state index in [0.717, 1.165) is 7.11 Å². The normalized spacial score (nSPS) is 21.9. The molecule has 24 heteroatoms. The summed E-state index contributed by atoms with van der Waals surface area (Å²) < 4.78 is 86.1. The van der Waals surface area contributed by atoms with E-state index in [4.69, 9.17) is 48.3 Å². The number of nitrogens with two attached hydrogens (primary N) is 2. The zero-order chi connectivity index (χ0) is 35.5. The minimum atomic E-state index is -4.21. The van der Waals surface area contributed by atoms with E-state index in [1.807, 2.05) is 0 Å². The van der Waals surface area contributed by atoms with E-state index < -0.39 is 72.0 Å². The Bertz CT molecular complexity index is 2000. The van der Waals surface area contributed by atoms with Crippen molar-refractivity contribution in [3.05, 3.63) is 48.3 Å². The number of phosphoric acid groups is 1. The van der Waals surface area contributed by atoms with Gasteiger partial charge in [-0.3, -0.25) is 41.6 Å². The highest BCUT2D eigenvalue weighted by Crippen LogP contribution is 2.52. The van der Waals surface area contributed by atoms with Crippen LogP contribution in [0.4, 0.5) is 16.2 Å². The van der Waals surface area contributed by atoms with E-state index in [2.05, 4.69) is 43.1 Å². The van der Waals surface area contributed by atoms with Crippen LogP contribution in [0.3, 0.4) is 0 Å². The number of fused-ring (bicyclic) bond motifs is 2. The van der Waals surface area contributed by atoms with Crippen LogP contribution < -0.4 is 17.0 Å². The molecule has 5 heterocycles. The van der Waals surface area contributed by atoms with E-state index >= 15 is 0 Å². The molecule has 0 spiro atoms. The summed E-state index contributed by atoms with van der Waals surface area (Å²) in [6.45, 7) is 6.39. The number of aromatic nitrogens is 8. The lowest BCUT2D eigenvalue weighted by Gasteiger charge is -2.27. The van der Waals surface area contributed by atoms with E-state index in [1.54, 1.807) is 0 Å². The summed E-state index contributed by atoms with van der Waals surface area (Å²) in [7, 11) is -5.87. The summed E-state index contributed by atoms with van der Waals surface area (Å²) in [6.07, 6.45) is -0.843. The maximum absolute atomic E-state index is 13.8. The van der Waals surface area contributed by atoms with Crippen molar-refractivity contribution in [2.45, 2.75) is 24.5 Å². The molecule has 5 rings (SSSR count). The topological polar surface area (TPSA) is 267 Å². The standard InChI is InChI=1S/C25H33FN10O11P2/c1-13(45-14(2)35-11-31-16-20(27)29-10-30-21(16)35)8-43-48(5,38)47-19-18(40-3)15(9-44-49(39,41-4)42-7-6-26)46-24(19)36-12-32-17-22(36)33-25(28)34-23(17)37/h10-12,15,18-19,24H,1-2,6-9H2,3-5H3,(H2,27,29,30)(H3,28,33,34,37)/t15?,18?,19?,24?,48-,49?/m1/s1. The molecule has 4 aromatic rings. The number of phosphoric ester groups is 1. The first-order valence-electron chi connectivity index (χ1n) is 14.1. The first-order valence-corrected chi connectivity index (χ1v) is 17.5. The van der Waals surface area contributed by atoms with Crippen molar-refractivity contribution in [3.8, 4) is 0 Å². The number of nitrogens with zero attached hydrogens (tertiary/aromatic N) is 7. The highest BCUT2D eigenvalue weighted by Gasteiger charge is 2.50. The Morgan fingerprint density at radius 1 is 1.06 bits per heavy atom. The molecule has 0 bridgehead atoms. The summed E-state index contributed by atoms with van der Waals surface area (Å²) >= 11 is 0. The zero-order valence-corrected chi connectivity index (χ0v) is 28.1. The molecule has 6 atom stereocenters. The molecule has 0 aromatic carbocycles. The number of H-pyrrole nitrogens is 1. The fourth-order valence-electron chi connectivity index (χ4n) is 4.77. The summed E-state index contributed by atoms with van der Waals surface area (Å²) in [6, 6.07) is 0. The number of alkyl halides is 1. The van der Waals surface area contributed by atoms with Crippen molar-refractivity contribution in [2.75, 3.05) is 58.8 Å². The van der Waals surface area contributed by atoms with Crippen molar-refractivity contribution in [3.63, 3.8) is 0 Å². The first-order chi connectivity index (χ1) is 23.3. The van der Waals surface area contributed by atoms with Crippen LogP contribution in [0.5, 0.6) is 0 Å². The van der Waals surface area contributed by atoms with Crippen molar-refractivity contribution < 1.29 is 50.3 Å². The third kappa shape index (κ3) is 7.88. The molecule has 21 nitrogen and oxygen atoms in total. The van der Waals surface area contributed by atoms with Gasteiger partial charge in [-0.25, -0.2) is 28.9 Å². The Morgan fingerprint density at radius 2 is 1.82 bits per heavy atom. The van der Waals surface area contributed by atoms with Gasteiger partial charge in [0.05, 0.1) is 19.5 Å². The summed E-state index contributed by atoms with van der Waals surface area (Å²) in [4.78, 5) is 35.2. The van der Waals surface area contributed by atoms with Crippen molar-refractivity contribution in [2.24, 2.45) is 0 Å². The zero-order valence-electron chi connectivity index (χ0n) is 26.3. The van der Waals surface area contributed by atoms with Crippen molar-refractivity contribution >= 4 is 55.4 Å². The van der Waals surface area contributed by atoms with Gasteiger partial charge >= 0.3 is 15.4 Å². The van der Waals surface area contributed by atoms with Crippen molar-refractivity contribution in [1.29, 1.82) is 0 Å². The van der Waals surface area contributed by atoms with Gasteiger partial charge in [0.25, 0.3) is 5.56 Å². The predicted molar refractivity (Wildman–Crippen MR) is 169 cm³/mol. The fourth-order valence-corrected chi connectivity index (χ4v) is 6.78. The lowest BCUT2D eigenvalue weighted by atomic mass is 10.1. The number of aromatic amines is 1. The molecule has 1 aliphatic rings. The minimum Gasteiger partial charge on any atom is -0.444 e. The molecule has 1 fully saturated rings. The largest absolute Gasteiger partial charge is 0.474 e. The number of ether oxygens (including phenoxy) is 3. The average Bonchev–Trinajstić information content (AvgIpc) is 3.77. The van der Waals surface area contributed by atoms with E-state index in [0.29, 0.717) is 11.2 Å². The predicted octanol–water partition coefficient (Wildman–Crippen LogP) is 1.98. The van der Waals surface area contributed by atoms with Gasteiger partial charge in [-0.05, 0) is 6.58 Å². The Kier molecular flexibility index (Phi) is 10.9.